The van der Waals surface area contributed by atoms with Crippen LogP contribution in [0.4, 0.5) is 51.4 Å². The molecule has 1 aliphatic heterocycles. The third-order valence-electron chi connectivity index (χ3n) is 5.45. The second-order valence-electron chi connectivity index (χ2n) is 8.55. The van der Waals surface area contributed by atoms with Gasteiger partial charge in [-0.2, -0.15) is 36.5 Å². The van der Waals surface area contributed by atoms with E-state index < -0.39 is 48.8 Å². The molecule has 4 rings (SSSR count). The van der Waals surface area contributed by atoms with Crippen LogP contribution in [0.25, 0.3) is 11.3 Å². The number of aryl methyl sites for hydroxylation is 2. The molecule has 3 aromatic heterocycles. The van der Waals surface area contributed by atoms with Crippen molar-refractivity contribution in [1.82, 2.24) is 30.7 Å². The lowest BCUT2D eigenvalue weighted by molar-refractivity contribution is -0.141. The topological polar surface area (TPSA) is 112 Å². The van der Waals surface area contributed by atoms with E-state index in [9.17, 15) is 39.9 Å². The maximum absolute atomic E-state index is 13.3. The maximum Gasteiger partial charge on any atom is 0.435 e. The third kappa shape index (κ3) is 5.75. The van der Waals surface area contributed by atoms with Crippen molar-refractivity contribution >= 4 is 17.5 Å². The number of H-pyrrole nitrogens is 1. The van der Waals surface area contributed by atoms with Crippen molar-refractivity contribution in [2.75, 3.05) is 23.3 Å². The summed E-state index contributed by atoms with van der Waals surface area (Å²) in [6, 6.07) is 1.99. The van der Waals surface area contributed by atoms with Gasteiger partial charge in [0.05, 0.1) is 36.6 Å². The number of aromatic nitrogens is 5. The number of halogens is 8. The van der Waals surface area contributed by atoms with Crippen LogP contribution in [0.15, 0.2) is 18.2 Å². The zero-order valence-corrected chi connectivity index (χ0v) is 19.5. The Morgan fingerprint density at radius 3 is 2.32 bits per heavy atom. The van der Waals surface area contributed by atoms with Crippen molar-refractivity contribution in [3.63, 3.8) is 0 Å². The fraction of sp³-hybridized carbons (Fsp3) is 0.381. The normalized spacial score (nSPS) is 15.3. The van der Waals surface area contributed by atoms with E-state index in [-0.39, 0.29) is 40.7 Å². The minimum absolute atomic E-state index is 0.0719. The second kappa shape index (κ2) is 9.36. The van der Waals surface area contributed by atoms with Crippen LogP contribution in [0.2, 0.25) is 0 Å². The molecule has 0 atom stereocenters. The molecule has 17 heteroatoms. The lowest BCUT2D eigenvalue weighted by atomic mass is 10.0. The summed E-state index contributed by atoms with van der Waals surface area (Å²) in [6.45, 7) is 0.962. The van der Waals surface area contributed by atoms with Crippen LogP contribution >= 0.6 is 0 Å². The van der Waals surface area contributed by atoms with E-state index in [1.165, 1.54) is 19.9 Å². The monoisotopic (exact) mass is 550 g/mol. The molecule has 3 N–H and O–H groups in total. The molecule has 9 nitrogen and oxygen atoms in total. The number of alkyl halides is 8. The van der Waals surface area contributed by atoms with Crippen LogP contribution in [0, 0.1) is 13.8 Å². The first-order valence-corrected chi connectivity index (χ1v) is 10.8. The maximum atomic E-state index is 13.3. The van der Waals surface area contributed by atoms with Crippen molar-refractivity contribution in [3.8, 4) is 11.3 Å². The van der Waals surface area contributed by atoms with Crippen LogP contribution in [-0.4, -0.2) is 50.4 Å². The Kier molecular flexibility index (Phi) is 6.65. The van der Waals surface area contributed by atoms with Gasteiger partial charge in [-0.3, -0.25) is 5.10 Å². The summed E-state index contributed by atoms with van der Waals surface area (Å²) in [5.74, 6) is -3.44. The molecule has 0 saturated carbocycles. The number of nitrogens with zero attached hydrogens (tertiary/aromatic N) is 5. The number of amides is 2. The molecule has 0 radical (unpaired) electrons. The number of carbonyl (C=O) groups excluding carboxylic acids is 1. The summed E-state index contributed by atoms with van der Waals surface area (Å²) < 4.78 is 106. The van der Waals surface area contributed by atoms with Gasteiger partial charge in [0.25, 0.3) is 5.92 Å². The summed E-state index contributed by atoms with van der Waals surface area (Å²) in [6.07, 6.45) is -9.63. The Morgan fingerprint density at radius 1 is 1.05 bits per heavy atom. The van der Waals surface area contributed by atoms with E-state index >= 15 is 0 Å². The predicted molar refractivity (Wildman–Crippen MR) is 116 cm³/mol. The summed E-state index contributed by atoms with van der Waals surface area (Å²) in [5.41, 5.74) is -2.66. The van der Waals surface area contributed by atoms with E-state index in [2.05, 4.69) is 36.0 Å². The van der Waals surface area contributed by atoms with Gasteiger partial charge >= 0.3 is 18.4 Å². The first-order valence-electron chi connectivity index (χ1n) is 10.8. The predicted octanol–water partition coefficient (Wildman–Crippen LogP) is 4.69. The number of anilines is 2. The fourth-order valence-electron chi connectivity index (χ4n) is 3.71. The minimum Gasteiger partial charge on any atom is -0.344 e. The average Bonchev–Trinajstić information content (AvgIpc) is 3.17. The molecule has 38 heavy (non-hydrogen) atoms. The summed E-state index contributed by atoms with van der Waals surface area (Å²) in [7, 11) is 0. The quantitative estimate of drug-likeness (QED) is 0.398. The molecule has 2 amide bonds. The van der Waals surface area contributed by atoms with Gasteiger partial charge in [0.15, 0.2) is 5.69 Å². The SMILES string of the molecule is Cc1cc(CNC(=O)Nc2cc(N3CC(F)(F)C3)nc(C(F)(F)F)c2)nnc1-c1c(C(F)(F)F)n[nH]c1C. The number of hydrogen-bond donors (Lipinski definition) is 3. The highest BCUT2D eigenvalue weighted by atomic mass is 19.4. The largest absolute Gasteiger partial charge is 0.435 e. The molecule has 0 unspecified atom stereocenters. The molecule has 204 valence electrons. The molecule has 0 aromatic carbocycles. The van der Waals surface area contributed by atoms with Gasteiger partial charge in [0.2, 0.25) is 0 Å². The fourth-order valence-corrected chi connectivity index (χ4v) is 3.71. The number of pyridine rings is 1. The first kappa shape index (κ1) is 27.0. The van der Waals surface area contributed by atoms with Gasteiger partial charge in [-0.05, 0) is 31.5 Å². The second-order valence-corrected chi connectivity index (χ2v) is 8.55. The van der Waals surface area contributed by atoms with Crippen LogP contribution in [-0.2, 0) is 18.9 Å². The van der Waals surface area contributed by atoms with Gasteiger partial charge in [-0.15, -0.1) is 5.10 Å². The lowest BCUT2D eigenvalue weighted by Gasteiger charge is -2.39. The number of urea groups is 1. The zero-order valence-electron chi connectivity index (χ0n) is 19.5. The Labute approximate surface area is 208 Å². The summed E-state index contributed by atoms with van der Waals surface area (Å²) >= 11 is 0. The highest BCUT2D eigenvalue weighted by Crippen LogP contribution is 2.38. The molecule has 1 aliphatic rings. The van der Waals surface area contributed by atoms with Crippen LogP contribution in [0.5, 0.6) is 0 Å². The number of aromatic amines is 1. The van der Waals surface area contributed by atoms with E-state index in [0.717, 1.165) is 11.0 Å². The van der Waals surface area contributed by atoms with Crippen molar-refractivity contribution in [1.29, 1.82) is 0 Å². The minimum atomic E-state index is -4.90. The number of nitrogens with one attached hydrogen (secondary N) is 3. The van der Waals surface area contributed by atoms with Crippen LogP contribution < -0.4 is 15.5 Å². The van der Waals surface area contributed by atoms with Crippen molar-refractivity contribution < 1.29 is 39.9 Å². The number of hydrogen-bond acceptors (Lipinski definition) is 6. The van der Waals surface area contributed by atoms with Crippen LogP contribution in [0.1, 0.15) is 28.3 Å². The van der Waals surface area contributed by atoms with E-state index in [4.69, 9.17) is 0 Å². The molecule has 0 spiro atoms. The van der Waals surface area contributed by atoms with Crippen molar-refractivity contribution in [2.45, 2.75) is 38.7 Å². The van der Waals surface area contributed by atoms with Crippen molar-refractivity contribution in [3.05, 3.63) is 46.5 Å². The van der Waals surface area contributed by atoms with E-state index in [1.54, 1.807) is 0 Å². The van der Waals surface area contributed by atoms with Gasteiger partial charge in [-0.1, -0.05) is 0 Å². The Balaban J connectivity index is 1.46. The molecule has 3 aromatic rings. The number of carbonyl (C=O) groups is 1. The molecule has 1 saturated heterocycles. The van der Waals surface area contributed by atoms with Crippen LogP contribution in [0.3, 0.4) is 0 Å². The smallest absolute Gasteiger partial charge is 0.344 e. The molecule has 4 heterocycles. The molecule has 0 bridgehead atoms. The van der Waals surface area contributed by atoms with Gasteiger partial charge < -0.3 is 15.5 Å². The van der Waals surface area contributed by atoms with E-state index in [0.29, 0.717) is 11.6 Å². The van der Waals surface area contributed by atoms with Gasteiger partial charge in [-0.25, -0.2) is 18.6 Å². The highest BCUT2D eigenvalue weighted by Gasteiger charge is 2.45. The van der Waals surface area contributed by atoms with Gasteiger partial charge in [0.1, 0.15) is 11.5 Å². The molecule has 0 aliphatic carbocycles. The summed E-state index contributed by atoms with van der Waals surface area (Å²) in [4.78, 5) is 16.6. The Bertz CT molecular complexity index is 1360. The molecular weight excluding hydrogens is 532 g/mol. The number of rotatable bonds is 5. The third-order valence-corrected chi connectivity index (χ3v) is 5.45. The van der Waals surface area contributed by atoms with Crippen molar-refractivity contribution in [2.24, 2.45) is 0 Å². The lowest BCUT2D eigenvalue weighted by Crippen LogP contribution is -2.56. The summed E-state index contributed by atoms with van der Waals surface area (Å²) in [5, 5.41) is 17.7. The standard InChI is InChI=1S/C21H18F8N8O/c1-9-3-12(34-35-16(9)15-10(2)33-36-17(15)21(27,28)29)6-30-18(38)31-11-4-13(20(24,25)26)32-14(5-11)37-7-19(22,23)8-37/h3-5H,6-8H2,1-2H3,(H,33,36)(H2,30,31,32,38). The average molecular weight is 550 g/mol. The highest BCUT2D eigenvalue weighted by molar-refractivity contribution is 5.89. The molecule has 1 fully saturated rings. The zero-order chi connectivity index (χ0) is 28.0. The van der Waals surface area contributed by atoms with Gasteiger partial charge in [0, 0.05) is 17.4 Å². The Morgan fingerprint density at radius 2 is 1.74 bits per heavy atom. The van der Waals surface area contributed by atoms with E-state index in [1.807, 2.05) is 0 Å². The first-order chi connectivity index (χ1) is 17.5. The Hall–Kier alpha value is -4.05. The molecular formula is C21H18F8N8O.